The zero-order valence-electron chi connectivity index (χ0n) is 12.2. The first kappa shape index (κ1) is 17.4. The lowest BCUT2D eigenvalue weighted by atomic mass is 10.2. The summed E-state index contributed by atoms with van der Waals surface area (Å²) in [6.45, 7) is 2.30. The van der Waals surface area contributed by atoms with E-state index in [0.717, 1.165) is 0 Å². The van der Waals surface area contributed by atoms with Crippen molar-refractivity contribution in [2.45, 2.75) is 24.4 Å². The molecule has 1 unspecified atom stereocenters. The molecule has 0 heterocycles. The van der Waals surface area contributed by atoms with Crippen molar-refractivity contribution in [3.63, 3.8) is 0 Å². The van der Waals surface area contributed by atoms with Gasteiger partial charge in [-0.3, -0.25) is 0 Å². The highest BCUT2D eigenvalue weighted by atomic mass is 32.2. The second-order valence-corrected chi connectivity index (χ2v) is 7.50. The SMILES string of the molecule is CNCc1ccc(S(=O)(=O)N(C)C(C)CSC)c(F)c1. The standard InChI is InChI=1S/C13H21FN2O2S2/c1-10(9-19-4)16(3)20(17,18)13-6-5-11(8-15-2)7-12(13)14/h5-7,10,15H,8-9H2,1-4H3. The Morgan fingerprint density at radius 3 is 2.60 bits per heavy atom. The number of benzene rings is 1. The van der Waals surface area contributed by atoms with Gasteiger partial charge in [-0.1, -0.05) is 6.07 Å². The average molecular weight is 320 g/mol. The zero-order chi connectivity index (χ0) is 15.3. The maximum atomic E-state index is 14.0. The molecule has 114 valence electrons. The summed E-state index contributed by atoms with van der Waals surface area (Å²) in [5.41, 5.74) is 0.712. The lowest BCUT2D eigenvalue weighted by Crippen LogP contribution is -2.37. The summed E-state index contributed by atoms with van der Waals surface area (Å²) in [7, 11) is -0.564. The first-order valence-electron chi connectivity index (χ1n) is 6.24. The Balaban J connectivity index is 3.09. The van der Waals surface area contributed by atoms with Gasteiger partial charge < -0.3 is 5.32 Å². The molecule has 0 saturated heterocycles. The van der Waals surface area contributed by atoms with Crippen LogP contribution in [-0.2, 0) is 16.6 Å². The second kappa shape index (κ2) is 7.40. The zero-order valence-corrected chi connectivity index (χ0v) is 13.8. The van der Waals surface area contributed by atoms with E-state index in [-0.39, 0.29) is 10.9 Å². The number of sulfonamides is 1. The fourth-order valence-electron chi connectivity index (χ4n) is 1.81. The number of hydrogen-bond donors (Lipinski definition) is 1. The molecule has 4 nitrogen and oxygen atoms in total. The third kappa shape index (κ3) is 3.94. The molecule has 0 aliphatic heterocycles. The molecule has 0 bridgehead atoms. The van der Waals surface area contributed by atoms with Gasteiger partial charge in [0, 0.05) is 25.4 Å². The molecule has 1 aromatic rings. The number of halogens is 1. The Hall–Kier alpha value is -0.630. The lowest BCUT2D eigenvalue weighted by Gasteiger charge is -2.24. The van der Waals surface area contributed by atoms with E-state index in [1.54, 1.807) is 31.8 Å². The van der Waals surface area contributed by atoms with Crippen molar-refractivity contribution in [2.75, 3.05) is 26.1 Å². The predicted molar refractivity (Wildman–Crippen MR) is 82.0 cm³/mol. The topological polar surface area (TPSA) is 49.4 Å². The number of nitrogens with zero attached hydrogens (tertiary/aromatic N) is 1. The number of thioether (sulfide) groups is 1. The summed E-state index contributed by atoms with van der Waals surface area (Å²) in [4.78, 5) is -0.271. The summed E-state index contributed by atoms with van der Waals surface area (Å²) < 4.78 is 40.1. The van der Waals surface area contributed by atoms with Gasteiger partial charge in [-0.15, -0.1) is 0 Å². The highest BCUT2D eigenvalue weighted by Gasteiger charge is 2.27. The van der Waals surface area contributed by atoms with Crippen LogP contribution in [0.2, 0.25) is 0 Å². The van der Waals surface area contributed by atoms with Crippen LogP contribution in [0, 0.1) is 5.82 Å². The lowest BCUT2D eigenvalue weighted by molar-refractivity contribution is 0.411. The Bertz CT molecular complexity index is 549. The molecule has 0 saturated carbocycles. The number of nitrogens with one attached hydrogen (secondary N) is 1. The Kier molecular flexibility index (Phi) is 6.44. The molecule has 1 rings (SSSR count). The van der Waals surface area contributed by atoms with Gasteiger partial charge in [-0.2, -0.15) is 16.1 Å². The van der Waals surface area contributed by atoms with Gasteiger partial charge in [0.05, 0.1) is 0 Å². The number of hydrogen-bond acceptors (Lipinski definition) is 4. The molecule has 0 aliphatic carbocycles. The third-order valence-electron chi connectivity index (χ3n) is 3.06. The molecule has 7 heteroatoms. The van der Waals surface area contributed by atoms with Gasteiger partial charge >= 0.3 is 0 Å². The first-order valence-corrected chi connectivity index (χ1v) is 9.08. The summed E-state index contributed by atoms with van der Waals surface area (Å²) in [6, 6.07) is 4.03. The maximum absolute atomic E-state index is 14.0. The molecule has 1 atom stereocenters. The minimum Gasteiger partial charge on any atom is -0.316 e. The number of rotatable bonds is 7. The van der Waals surface area contributed by atoms with Gasteiger partial charge in [0.2, 0.25) is 10.0 Å². The normalized spacial score (nSPS) is 13.7. The summed E-state index contributed by atoms with van der Waals surface area (Å²) in [6.07, 6.45) is 1.91. The van der Waals surface area contributed by atoms with Crippen molar-refractivity contribution >= 4 is 21.8 Å². The minimum atomic E-state index is -3.80. The van der Waals surface area contributed by atoms with E-state index in [1.165, 1.54) is 23.5 Å². The van der Waals surface area contributed by atoms with E-state index in [9.17, 15) is 12.8 Å². The van der Waals surface area contributed by atoms with E-state index >= 15 is 0 Å². The van der Waals surface area contributed by atoms with Crippen molar-refractivity contribution in [3.8, 4) is 0 Å². The fraction of sp³-hybridized carbons (Fsp3) is 0.538. The van der Waals surface area contributed by atoms with Crippen LogP contribution in [0.3, 0.4) is 0 Å². The van der Waals surface area contributed by atoms with Gasteiger partial charge in [-0.05, 0) is 37.9 Å². The molecule has 0 spiro atoms. The van der Waals surface area contributed by atoms with E-state index in [0.29, 0.717) is 17.9 Å². The molecule has 0 aromatic heterocycles. The van der Waals surface area contributed by atoms with Crippen molar-refractivity contribution in [1.29, 1.82) is 0 Å². The summed E-state index contributed by atoms with van der Waals surface area (Å²) in [5, 5.41) is 2.90. The molecule has 0 fully saturated rings. The van der Waals surface area contributed by atoms with Crippen LogP contribution in [0.25, 0.3) is 0 Å². The monoisotopic (exact) mass is 320 g/mol. The van der Waals surface area contributed by atoms with Crippen LogP contribution in [0.5, 0.6) is 0 Å². The molecule has 0 radical (unpaired) electrons. The van der Waals surface area contributed by atoms with Gasteiger partial charge in [0.25, 0.3) is 0 Å². The molecular formula is C13H21FN2O2S2. The largest absolute Gasteiger partial charge is 0.316 e. The van der Waals surface area contributed by atoms with Crippen LogP contribution in [0.1, 0.15) is 12.5 Å². The van der Waals surface area contributed by atoms with Gasteiger partial charge in [0.15, 0.2) is 0 Å². The predicted octanol–water partition coefficient (Wildman–Crippen LogP) is 1.92. The van der Waals surface area contributed by atoms with E-state index in [4.69, 9.17) is 0 Å². The average Bonchev–Trinajstić information content (AvgIpc) is 2.38. The summed E-state index contributed by atoms with van der Waals surface area (Å²) in [5.74, 6) is -0.0456. The van der Waals surface area contributed by atoms with Crippen molar-refractivity contribution in [3.05, 3.63) is 29.6 Å². The minimum absolute atomic E-state index is 0.189. The van der Waals surface area contributed by atoms with E-state index in [2.05, 4.69) is 5.32 Å². The Labute approximate surface area is 124 Å². The van der Waals surface area contributed by atoms with Crippen LogP contribution in [-0.4, -0.2) is 44.9 Å². The van der Waals surface area contributed by atoms with Crippen LogP contribution < -0.4 is 5.32 Å². The van der Waals surface area contributed by atoms with Crippen LogP contribution in [0.4, 0.5) is 4.39 Å². The smallest absolute Gasteiger partial charge is 0.246 e. The second-order valence-electron chi connectivity index (χ2n) is 4.62. The van der Waals surface area contributed by atoms with Crippen molar-refractivity contribution in [1.82, 2.24) is 9.62 Å². The molecular weight excluding hydrogens is 299 g/mol. The van der Waals surface area contributed by atoms with Gasteiger partial charge in [-0.25, -0.2) is 12.8 Å². The first-order chi connectivity index (χ1) is 9.34. The quantitative estimate of drug-likeness (QED) is 0.834. The molecule has 1 aromatic carbocycles. The van der Waals surface area contributed by atoms with E-state index < -0.39 is 15.8 Å². The maximum Gasteiger partial charge on any atom is 0.246 e. The highest BCUT2D eigenvalue weighted by molar-refractivity contribution is 7.98. The van der Waals surface area contributed by atoms with Crippen molar-refractivity contribution < 1.29 is 12.8 Å². The molecule has 0 amide bonds. The van der Waals surface area contributed by atoms with Gasteiger partial charge in [0.1, 0.15) is 10.7 Å². The molecule has 1 N–H and O–H groups in total. The Morgan fingerprint density at radius 2 is 2.10 bits per heavy atom. The molecule has 0 aliphatic rings. The highest BCUT2D eigenvalue weighted by Crippen LogP contribution is 2.22. The Morgan fingerprint density at radius 1 is 1.45 bits per heavy atom. The van der Waals surface area contributed by atoms with E-state index in [1.807, 2.05) is 6.26 Å². The third-order valence-corrected chi connectivity index (χ3v) is 5.88. The van der Waals surface area contributed by atoms with Crippen LogP contribution >= 0.6 is 11.8 Å². The molecule has 20 heavy (non-hydrogen) atoms. The fourth-order valence-corrected chi connectivity index (χ4v) is 4.01. The van der Waals surface area contributed by atoms with Crippen molar-refractivity contribution in [2.24, 2.45) is 0 Å². The summed E-state index contributed by atoms with van der Waals surface area (Å²) >= 11 is 1.55. The van der Waals surface area contributed by atoms with Crippen LogP contribution in [0.15, 0.2) is 23.1 Å².